The lowest BCUT2D eigenvalue weighted by Gasteiger charge is -2.10. The van der Waals surface area contributed by atoms with E-state index in [9.17, 15) is 9.18 Å². The number of nitrogens with zero attached hydrogens (tertiary/aromatic N) is 6. The lowest BCUT2D eigenvalue weighted by atomic mass is 10.1. The number of pyridine rings is 1. The van der Waals surface area contributed by atoms with E-state index in [1.54, 1.807) is 12.1 Å². The van der Waals surface area contributed by atoms with Crippen LogP contribution in [0.1, 0.15) is 16.8 Å². The highest BCUT2D eigenvalue weighted by atomic mass is 19.1. The van der Waals surface area contributed by atoms with Crippen LogP contribution >= 0.6 is 0 Å². The van der Waals surface area contributed by atoms with Gasteiger partial charge in [-0.2, -0.15) is 4.52 Å². The van der Waals surface area contributed by atoms with Gasteiger partial charge in [0.1, 0.15) is 5.82 Å². The van der Waals surface area contributed by atoms with E-state index in [0.717, 1.165) is 11.3 Å². The second kappa shape index (κ2) is 5.19. The molecular weight excluding hydrogens is 311 g/mol. The Morgan fingerprint density at radius 2 is 2.04 bits per heavy atom. The standard InChI is InChI=1S/C16H13FN6O/c1-9-6-10(2)18-14-13(9)15(24)22(16-19-20-21-23(14)16)8-11-4-3-5-12(17)7-11/h3-7H,8H2,1-2H3. The fraction of sp³-hybridized carbons (Fsp3) is 0.188. The zero-order valence-electron chi connectivity index (χ0n) is 13.1. The van der Waals surface area contributed by atoms with Crippen LogP contribution < -0.4 is 5.56 Å². The Morgan fingerprint density at radius 1 is 1.21 bits per heavy atom. The number of tetrazole rings is 1. The highest BCUT2D eigenvalue weighted by Gasteiger charge is 2.17. The third-order valence-electron chi connectivity index (χ3n) is 3.91. The number of aromatic nitrogens is 6. The first-order valence-corrected chi connectivity index (χ1v) is 7.38. The molecule has 0 aliphatic carbocycles. The third kappa shape index (κ3) is 2.15. The van der Waals surface area contributed by atoms with E-state index in [-0.39, 0.29) is 23.7 Å². The van der Waals surface area contributed by atoms with Gasteiger partial charge in [-0.25, -0.2) is 9.37 Å². The van der Waals surface area contributed by atoms with Gasteiger partial charge in [-0.15, -0.1) is 0 Å². The molecule has 4 aromatic rings. The molecule has 0 spiro atoms. The molecule has 0 unspecified atom stereocenters. The number of halogens is 1. The van der Waals surface area contributed by atoms with Crippen molar-refractivity contribution in [2.75, 3.05) is 0 Å². The smallest absolute Gasteiger partial charge is 0.265 e. The number of rotatable bonds is 2. The molecule has 0 radical (unpaired) electrons. The van der Waals surface area contributed by atoms with Gasteiger partial charge in [0.25, 0.3) is 11.3 Å². The van der Waals surface area contributed by atoms with Crippen LogP contribution in [0.2, 0.25) is 0 Å². The van der Waals surface area contributed by atoms with Crippen LogP contribution in [0, 0.1) is 19.7 Å². The first kappa shape index (κ1) is 14.4. The maximum absolute atomic E-state index is 13.4. The normalized spacial score (nSPS) is 11.5. The molecule has 1 aromatic carbocycles. The number of benzene rings is 1. The molecule has 0 saturated heterocycles. The fourth-order valence-electron chi connectivity index (χ4n) is 2.91. The average Bonchev–Trinajstić information content (AvgIpc) is 3.00. The minimum atomic E-state index is -0.356. The molecule has 0 amide bonds. The van der Waals surface area contributed by atoms with Crippen LogP contribution in [0.3, 0.4) is 0 Å². The van der Waals surface area contributed by atoms with Gasteiger partial charge in [0.05, 0.1) is 11.9 Å². The van der Waals surface area contributed by atoms with Gasteiger partial charge in [-0.05, 0) is 53.6 Å². The highest BCUT2D eigenvalue weighted by Crippen LogP contribution is 2.15. The van der Waals surface area contributed by atoms with Gasteiger partial charge in [-0.1, -0.05) is 17.2 Å². The Hall–Kier alpha value is -3.16. The van der Waals surface area contributed by atoms with Crippen molar-refractivity contribution >= 4 is 16.8 Å². The zero-order chi connectivity index (χ0) is 16.8. The molecule has 0 N–H and O–H groups in total. The second-order valence-electron chi connectivity index (χ2n) is 5.69. The molecule has 0 aliphatic rings. The Bertz CT molecular complexity index is 1150. The van der Waals surface area contributed by atoms with Crippen molar-refractivity contribution in [2.45, 2.75) is 20.4 Å². The summed E-state index contributed by atoms with van der Waals surface area (Å²) in [5.74, 6) is -0.0836. The lowest BCUT2D eigenvalue weighted by molar-refractivity contribution is 0.623. The predicted molar refractivity (Wildman–Crippen MR) is 85.3 cm³/mol. The number of aryl methyl sites for hydroxylation is 2. The number of hydrogen-bond donors (Lipinski definition) is 0. The maximum Gasteiger partial charge on any atom is 0.265 e. The first-order valence-electron chi connectivity index (χ1n) is 7.38. The van der Waals surface area contributed by atoms with Crippen LogP contribution in [-0.2, 0) is 6.54 Å². The number of hydrogen-bond acceptors (Lipinski definition) is 5. The van der Waals surface area contributed by atoms with Crippen molar-refractivity contribution in [3.05, 3.63) is 63.3 Å². The molecule has 0 fully saturated rings. The molecule has 0 aliphatic heterocycles. The van der Waals surface area contributed by atoms with Crippen LogP contribution in [0.4, 0.5) is 4.39 Å². The summed E-state index contributed by atoms with van der Waals surface area (Å²) in [6.45, 7) is 3.87. The third-order valence-corrected chi connectivity index (χ3v) is 3.91. The Balaban J connectivity index is 2.06. The summed E-state index contributed by atoms with van der Waals surface area (Å²) in [5, 5.41) is 12.0. The van der Waals surface area contributed by atoms with Crippen molar-refractivity contribution in [1.82, 2.24) is 29.6 Å². The molecule has 0 bridgehead atoms. The molecule has 7 nitrogen and oxygen atoms in total. The topological polar surface area (TPSA) is 78.0 Å². The summed E-state index contributed by atoms with van der Waals surface area (Å²) in [5.41, 5.74) is 2.40. The summed E-state index contributed by atoms with van der Waals surface area (Å²) in [6, 6.07) is 7.94. The highest BCUT2D eigenvalue weighted by molar-refractivity contribution is 5.79. The minimum Gasteiger partial charge on any atom is -0.270 e. The molecule has 4 rings (SSSR count). The van der Waals surface area contributed by atoms with Crippen LogP contribution in [0.5, 0.6) is 0 Å². The Morgan fingerprint density at radius 3 is 2.83 bits per heavy atom. The molecule has 24 heavy (non-hydrogen) atoms. The summed E-state index contributed by atoms with van der Waals surface area (Å²) < 4.78 is 16.3. The van der Waals surface area contributed by atoms with Crippen molar-refractivity contribution in [1.29, 1.82) is 0 Å². The van der Waals surface area contributed by atoms with E-state index < -0.39 is 0 Å². The van der Waals surface area contributed by atoms with E-state index in [1.165, 1.54) is 21.2 Å². The van der Waals surface area contributed by atoms with Crippen LogP contribution in [-0.4, -0.2) is 29.6 Å². The first-order chi connectivity index (χ1) is 11.5. The van der Waals surface area contributed by atoms with Gasteiger partial charge in [0.2, 0.25) is 0 Å². The molecule has 3 aromatic heterocycles. The molecule has 0 saturated carbocycles. The van der Waals surface area contributed by atoms with E-state index in [2.05, 4.69) is 20.5 Å². The fourth-order valence-corrected chi connectivity index (χ4v) is 2.91. The monoisotopic (exact) mass is 324 g/mol. The van der Waals surface area contributed by atoms with Crippen molar-refractivity contribution in [3.63, 3.8) is 0 Å². The SMILES string of the molecule is Cc1cc(C)c2c(=O)n(Cc3cccc(F)c3)c3nnnn3c2n1. The second-order valence-corrected chi connectivity index (χ2v) is 5.69. The van der Waals surface area contributed by atoms with E-state index in [1.807, 2.05) is 19.9 Å². The van der Waals surface area contributed by atoms with Crippen LogP contribution in [0.15, 0.2) is 35.1 Å². The summed E-state index contributed by atoms with van der Waals surface area (Å²) in [6.07, 6.45) is 0. The molecule has 120 valence electrons. The maximum atomic E-state index is 13.4. The lowest BCUT2D eigenvalue weighted by Crippen LogP contribution is -2.25. The summed E-state index contributed by atoms with van der Waals surface area (Å²) in [7, 11) is 0. The van der Waals surface area contributed by atoms with Gasteiger partial charge in [0.15, 0.2) is 5.65 Å². The largest absolute Gasteiger partial charge is 0.270 e. The van der Waals surface area contributed by atoms with Crippen LogP contribution in [0.25, 0.3) is 16.8 Å². The van der Waals surface area contributed by atoms with Crippen molar-refractivity contribution in [3.8, 4) is 0 Å². The minimum absolute atomic E-state index is 0.170. The van der Waals surface area contributed by atoms with Gasteiger partial charge in [-0.3, -0.25) is 9.36 Å². The molecule has 3 heterocycles. The van der Waals surface area contributed by atoms with Crippen molar-refractivity contribution in [2.24, 2.45) is 0 Å². The zero-order valence-corrected chi connectivity index (χ0v) is 13.1. The van der Waals surface area contributed by atoms with E-state index in [4.69, 9.17) is 0 Å². The summed E-state index contributed by atoms with van der Waals surface area (Å²) in [4.78, 5) is 17.4. The quantitative estimate of drug-likeness (QED) is 0.560. The molecule has 0 atom stereocenters. The van der Waals surface area contributed by atoms with Crippen molar-refractivity contribution < 1.29 is 4.39 Å². The number of fused-ring (bicyclic) bond motifs is 3. The summed E-state index contributed by atoms with van der Waals surface area (Å²) >= 11 is 0. The van der Waals surface area contributed by atoms with E-state index >= 15 is 0 Å². The Labute approximate surface area is 135 Å². The molecular formula is C16H13FN6O. The van der Waals surface area contributed by atoms with Gasteiger partial charge in [0, 0.05) is 5.69 Å². The average molecular weight is 324 g/mol. The Kier molecular flexibility index (Phi) is 3.12. The van der Waals surface area contributed by atoms with Gasteiger partial charge < -0.3 is 0 Å². The van der Waals surface area contributed by atoms with Gasteiger partial charge >= 0.3 is 0 Å². The van der Waals surface area contributed by atoms with E-state index in [0.29, 0.717) is 16.6 Å². The molecule has 8 heteroatoms. The predicted octanol–water partition coefficient (Wildman–Crippen LogP) is 1.64.